The van der Waals surface area contributed by atoms with E-state index in [4.69, 9.17) is 4.74 Å². The van der Waals surface area contributed by atoms with Crippen LogP contribution in [0.1, 0.15) is 44.0 Å². The van der Waals surface area contributed by atoms with Crippen molar-refractivity contribution in [2.75, 3.05) is 5.32 Å². The molecular weight excluding hydrogens is 282 g/mol. The number of amides is 1. The largest absolute Gasteiger partial charge is 0.491 e. The maximum atomic E-state index is 12.1. The molecule has 0 saturated heterocycles. The van der Waals surface area contributed by atoms with E-state index >= 15 is 0 Å². The Morgan fingerprint density at radius 1 is 1.32 bits per heavy atom. The van der Waals surface area contributed by atoms with Gasteiger partial charge in [0.15, 0.2) is 0 Å². The highest BCUT2D eigenvalue weighted by Crippen LogP contribution is 2.15. The van der Waals surface area contributed by atoms with E-state index in [-0.39, 0.29) is 18.0 Å². The third-order valence-electron chi connectivity index (χ3n) is 3.13. The predicted octanol–water partition coefficient (Wildman–Crippen LogP) is 2.51. The van der Waals surface area contributed by atoms with E-state index in [0.717, 1.165) is 18.6 Å². The first kappa shape index (κ1) is 15.9. The normalized spacial score (nSPS) is 12.0. The second-order valence-electron chi connectivity index (χ2n) is 5.02. The summed E-state index contributed by atoms with van der Waals surface area (Å²) in [4.78, 5) is 13.6. The van der Waals surface area contributed by atoms with Gasteiger partial charge in [-0.05, 0) is 49.2 Å². The molecule has 0 aliphatic rings. The van der Waals surface area contributed by atoms with E-state index in [1.165, 1.54) is 4.80 Å². The number of tetrazole rings is 1. The molecule has 0 aliphatic carbocycles. The van der Waals surface area contributed by atoms with Crippen molar-refractivity contribution in [2.24, 2.45) is 0 Å². The Labute approximate surface area is 129 Å². The summed E-state index contributed by atoms with van der Waals surface area (Å²) in [6.07, 6.45) is 1.99. The Balaban J connectivity index is 1.96. The molecule has 1 unspecified atom stereocenters. The summed E-state index contributed by atoms with van der Waals surface area (Å²) in [5.74, 6) is 0.683. The first-order valence-corrected chi connectivity index (χ1v) is 7.48. The van der Waals surface area contributed by atoms with Crippen LogP contribution in [-0.2, 0) is 6.54 Å². The number of ether oxygens (including phenoxy) is 1. The lowest BCUT2D eigenvalue weighted by Crippen LogP contribution is -2.14. The van der Waals surface area contributed by atoms with Crippen molar-refractivity contribution in [1.29, 1.82) is 0 Å². The molecule has 7 heteroatoms. The van der Waals surface area contributed by atoms with Gasteiger partial charge in [0, 0.05) is 5.56 Å². The summed E-state index contributed by atoms with van der Waals surface area (Å²) in [5, 5.41) is 14.3. The Morgan fingerprint density at radius 2 is 2.05 bits per heavy atom. The van der Waals surface area contributed by atoms with Crippen LogP contribution in [0.5, 0.6) is 5.75 Å². The number of aromatic nitrogens is 4. The summed E-state index contributed by atoms with van der Waals surface area (Å²) in [5.41, 5.74) is 0.517. The lowest BCUT2D eigenvalue weighted by atomic mass is 10.2. The van der Waals surface area contributed by atoms with Crippen LogP contribution in [0, 0.1) is 0 Å². The van der Waals surface area contributed by atoms with Gasteiger partial charge >= 0.3 is 0 Å². The smallest absolute Gasteiger partial charge is 0.270 e. The Morgan fingerprint density at radius 3 is 2.68 bits per heavy atom. The molecule has 118 valence electrons. The first-order chi connectivity index (χ1) is 10.6. The summed E-state index contributed by atoms with van der Waals surface area (Å²) < 4.78 is 5.68. The van der Waals surface area contributed by atoms with Gasteiger partial charge < -0.3 is 4.74 Å². The number of benzene rings is 1. The number of rotatable bonds is 7. The van der Waals surface area contributed by atoms with Gasteiger partial charge in [0.1, 0.15) is 5.75 Å². The number of aryl methyl sites for hydroxylation is 1. The number of hydrogen-bond acceptors (Lipinski definition) is 5. The van der Waals surface area contributed by atoms with E-state index in [9.17, 15) is 4.79 Å². The molecule has 1 amide bonds. The maximum Gasteiger partial charge on any atom is 0.270 e. The topological polar surface area (TPSA) is 81.9 Å². The van der Waals surface area contributed by atoms with Crippen LogP contribution in [0.2, 0.25) is 0 Å². The maximum absolute atomic E-state index is 12.1. The van der Waals surface area contributed by atoms with Crippen molar-refractivity contribution >= 4 is 11.9 Å². The van der Waals surface area contributed by atoms with Crippen molar-refractivity contribution in [3.05, 3.63) is 29.8 Å². The summed E-state index contributed by atoms with van der Waals surface area (Å²) >= 11 is 0. The van der Waals surface area contributed by atoms with Gasteiger partial charge in [-0.15, -0.1) is 5.10 Å². The van der Waals surface area contributed by atoms with Crippen molar-refractivity contribution in [2.45, 2.75) is 46.3 Å². The third kappa shape index (κ3) is 4.28. The van der Waals surface area contributed by atoms with Gasteiger partial charge in [0.05, 0.1) is 12.6 Å². The Bertz CT molecular complexity index is 609. The highest BCUT2D eigenvalue weighted by atomic mass is 16.5. The summed E-state index contributed by atoms with van der Waals surface area (Å²) in [7, 11) is 0. The van der Waals surface area contributed by atoms with Crippen LogP contribution < -0.4 is 10.1 Å². The number of anilines is 1. The summed E-state index contributed by atoms with van der Waals surface area (Å²) in [6, 6.07) is 6.98. The quantitative estimate of drug-likeness (QED) is 0.850. The molecule has 22 heavy (non-hydrogen) atoms. The number of nitrogens with zero attached hydrogens (tertiary/aromatic N) is 4. The van der Waals surface area contributed by atoms with E-state index < -0.39 is 0 Å². The molecule has 1 aromatic carbocycles. The Kier molecular flexibility index (Phi) is 5.46. The standard InChI is InChI=1S/C15H21N5O2/c1-4-10-20-18-15(17-19-20)16-14(21)12-6-8-13(9-7-12)22-11(3)5-2/h6-9,11H,4-5,10H2,1-3H3,(H,16,18,21). The molecular formula is C15H21N5O2. The fourth-order valence-corrected chi connectivity index (χ4v) is 1.76. The van der Waals surface area contributed by atoms with Crippen LogP contribution in [0.15, 0.2) is 24.3 Å². The van der Waals surface area contributed by atoms with Gasteiger partial charge in [-0.1, -0.05) is 18.9 Å². The molecule has 1 atom stereocenters. The van der Waals surface area contributed by atoms with Gasteiger partial charge in [-0.25, -0.2) is 0 Å². The number of nitrogens with one attached hydrogen (secondary N) is 1. The van der Waals surface area contributed by atoms with Crippen molar-refractivity contribution < 1.29 is 9.53 Å². The second kappa shape index (κ2) is 7.53. The lowest BCUT2D eigenvalue weighted by Gasteiger charge is -2.12. The zero-order valence-electron chi connectivity index (χ0n) is 13.1. The number of carbonyl (C=O) groups excluding carboxylic acids is 1. The first-order valence-electron chi connectivity index (χ1n) is 7.48. The molecule has 1 N–H and O–H groups in total. The predicted molar refractivity (Wildman–Crippen MR) is 82.9 cm³/mol. The van der Waals surface area contributed by atoms with Crippen LogP contribution in [0.4, 0.5) is 5.95 Å². The molecule has 0 bridgehead atoms. The zero-order chi connectivity index (χ0) is 15.9. The molecule has 0 aliphatic heterocycles. The molecule has 1 aromatic heterocycles. The van der Waals surface area contributed by atoms with Crippen LogP contribution in [-0.4, -0.2) is 32.2 Å². The molecule has 0 saturated carbocycles. The van der Waals surface area contributed by atoms with Crippen molar-refractivity contribution in [1.82, 2.24) is 20.2 Å². The van der Waals surface area contributed by atoms with E-state index in [1.807, 2.05) is 13.8 Å². The number of carbonyl (C=O) groups is 1. The molecule has 1 heterocycles. The van der Waals surface area contributed by atoms with Gasteiger partial charge in [0.25, 0.3) is 11.9 Å². The van der Waals surface area contributed by atoms with Gasteiger partial charge in [-0.2, -0.15) is 4.80 Å². The molecule has 0 radical (unpaired) electrons. The van der Waals surface area contributed by atoms with Crippen molar-refractivity contribution in [3.63, 3.8) is 0 Å². The van der Waals surface area contributed by atoms with E-state index in [2.05, 4.69) is 27.7 Å². The van der Waals surface area contributed by atoms with Gasteiger partial charge in [0.2, 0.25) is 0 Å². The minimum absolute atomic E-state index is 0.150. The third-order valence-corrected chi connectivity index (χ3v) is 3.13. The zero-order valence-corrected chi connectivity index (χ0v) is 13.1. The molecule has 7 nitrogen and oxygen atoms in total. The van der Waals surface area contributed by atoms with Crippen molar-refractivity contribution in [3.8, 4) is 5.75 Å². The SMILES string of the molecule is CCCn1nnc(NC(=O)c2ccc(OC(C)CC)cc2)n1. The Hall–Kier alpha value is -2.44. The van der Waals surface area contributed by atoms with E-state index in [1.54, 1.807) is 24.3 Å². The van der Waals surface area contributed by atoms with E-state index in [0.29, 0.717) is 12.1 Å². The van der Waals surface area contributed by atoms with Gasteiger partial charge in [-0.3, -0.25) is 10.1 Å². The van der Waals surface area contributed by atoms with Crippen LogP contribution in [0.25, 0.3) is 0 Å². The average molecular weight is 303 g/mol. The second-order valence-corrected chi connectivity index (χ2v) is 5.02. The number of hydrogen-bond donors (Lipinski definition) is 1. The summed E-state index contributed by atoms with van der Waals surface area (Å²) in [6.45, 7) is 6.76. The molecule has 2 aromatic rings. The average Bonchev–Trinajstić information content (AvgIpc) is 2.95. The van der Waals surface area contributed by atoms with Crippen LogP contribution >= 0.6 is 0 Å². The molecule has 0 fully saturated rings. The highest BCUT2D eigenvalue weighted by molar-refractivity contribution is 6.03. The molecule has 0 spiro atoms. The highest BCUT2D eigenvalue weighted by Gasteiger charge is 2.10. The van der Waals surface area contributed by atoms with Crippen LogP contribution in [0.3, 0.4) is 0 Å². The fraction of sp³-hybridized carbons (Fsp3) is 0.467. The molecule has 2 rings (SSSR count). The fourth-order valence-electron chi connectivity index (χ4n) is 1.76. The minimum Gasteiger partial charge on any atom is -0.491 e. The monoisotopic (exact) mass is 303 g/mol. The minimum atomic E-state index is -0.272. The lowest BCUT2D eigenvalue weighted by molar-refractivity contribution is 0.102.